The van der Waals surface area contributed by atoms with Gasteiger partial charge in [-0.2, -0.15) is 0 Å². The molecule has 0 radical (unpaired) electrons. The van der Waals surface area contributed by atoms with Gasteiger partial charge in [-0.1, -0.05) is 12.1 Å². The van der Waals surface area contributed by atoms with Crippen LogP contribution in [0.3, 0.4) is 0 Å². The van der Waals surface area contributed by atoms with Gasteiger partial charge >= 0.3 is 5.97 Å². The van der Waals surface area contributed by atoms with Crippen LogP contribution in [0.15, 0.2) is 47.4 Å². The van der Waals surface area contributed by atoms with Crippen molar-refractivity contribution in [2.24, 2.45) is 0 Å². The highest BCUT2D eigenvalue weighted by atomic mass is 32.2. The zero-order valence-corrected chi connectivity index (χ0v) is 12.6. The van der Waals surface area contributed by atoms with Gasteiger partial charge in [0, 0.05) is 16.2 Å². The summed E-state index contributed by atoms with van der Waals surface area (Å²) in [5, 5.41) is 0. The van der Waals surface area contributed by atoms with E-state index in [4.69, 9.17) is 9.47 Å². The molecular formula is C16H15FO3S. The third kappa shape index (κ3) is 3.76. The quantitative estimate of drug-likeness (QED) is 0.620. The predicted molar refractivity (Wildman–Crippen MR) is 80.3 cm³/mol. The van der Waals surface area contributed by atoms with E-state index in [9.17, 15) is 9.18 Å². The van der Waals surface area contributed by atoms with Gasteiger partial charge in [-0.25, -0.2) is 9.18 Å². The molecule has 5 heteroatoms. The Labute approximate surface area is 127 Å². The first-order valence-electron chi connectivity index (χ1n) is 6.28. The van der Waals surface area contributed by atoms with E-state index in [-0.39, 0.29) is 5.82 Å². The first-order valence-corrected chi connectivity index (χ1v) is 7.27. The minimum Gasteiger partial charge on any atom is -0.496 e. The fraction of sp³-hybridized carbons (Fsp3) is 0.188. The summed E-state index contributed by atoms with van der Waals surface area (Å²) in [6.45, 7) is 0. The normalized spacial score (nSPS) is 10.2. The van der Waals surface area contributed by atoms with Crippen LogP contribution in [0.25, 0.3) is 0 Å². The van der Waals surface area contributed by atoms with Gasteiger partial charge in [-0.05, 0) is 30.3 Å². The molecule has 0 atom stereocenters. The fourth-order valence-corrected chi connectivity index (χ4v) is 2.78. The van der Waals surface area contributed by atoms with Crippen molar-refractivity contribution in [3.8, 4) is 5.75 Å². The molecule has 0 saturated heterocycles. The number of benzene rings is 2. The first kappa shape index (κ1) is 15.4. The van der Waals surface area contributed by atoms with Gasteiger partial charge in [-0.3, -0.25) is 0 Å². The number of hydrogen-bond donors (Lipinski definition) is 0. The smallest absolute Gasteiger partial charge is 0.341 e. The Morgan fingerprint density at radius 1 is 1.14 bits per heavy atom. The highest BCUT2D eigenvalue weighted by Crippen LogP contribution is 2.31. The van der Waals surface area contributed by atoms with Crippen molar-refractivity contribution < 1.29 is 18.7 Å². The maximum absolute atomic E-state index is 12.9. The van der Waals surface area contributed by atoms with Crippen molar-refractivity contribution in [1.82, 2.24) is 0 Å². The van der Waals surface area contributed by atoms with Crippen molar-refractivity contribution in [2.45, 2.75) is 10.6 Å². The summed E-state index contributed by atoms with van der Waals surface area (Å²) in [4.78, 5) is 12.7. The number of esters is 1. The number of thioether (sulfide) groups is 1. The number of carbonyl (C=O) groups excluding carboxylic acids is 1. The van der Waals surface area contributed by atoms with E-state index >= 15 is 0 Å². The van der Waals surface area contributed by atoms with E-state index < -0.39 is 5.97 Å². The van der Waals surface area contributed by atoms with E-state index in [1.54, 1.807) is 36.0 Å². The number of hydrogen-bond acceptors (Lipinski definition) is 4. The molecule has 0 bridgehead atoms. The third-order valence-electron chi connectivity index (χ3n) is 2.91. The molecule has 0 fully saturated rings. The number of para-hydroxylation sites is 1. The molecule has 0 aliphatic heterocycles. The molecule has 21 heavy (non-hydrogen) atoms. The highest BCUT2D eigenvalue weighted by Gasteiger charge is 2.16. The number of rotatable bonds is 5. The van der Waals surface area contributed by atoms with Gasteiger partial charge in [0.1, 0.15) is 17.1 Å². The maximum atomic E-state index is 12.9. The van der Waals surface area contributed by atoms with E-state index in [0.29, 0.717) is 17.1 Å². The molecule has 2 aromatic rings. The molecule has 0 N–H and O–H groups in total. The van der Waals surface area contributed by atoms with Crippen molar-refractivity contribution >= 4 is 17.7 Å². The Balaban J connectivity index is 2.19. The van der Waals surface area contributed by atoms with Crippen molar-refractivity contribution in [2.75, 3.05) is 14.2 Å². The van der Waals surface area contributed by atoms with Gasteiger partial charge in [-0.15, -0.1) is 11.8 Å². The summed E-state index contributed by atoms with van der Waals surface area (Å²) < 4.78 is 22.9. The predicted octanol–water partition coefficient (Wildman–Crippen LogP) is 3.91. The Morgan fingerprint density at radius 2 is 1.86 bits per heavy atom. The number of halogens is 1. The second-order valence-corrected chi connectivity index (χ2v) is 5.28. The summed E-state index contributed by atoms with van der Waals surface area (Å²) in [5.74, 6) is 0.434. The zero-order chi connectivity index (χ0) is 15.2. The Kier molecular flexibility index (Phi) is 5.22. The van der Waals surface area contributed by atoms with E-state index in [2.05, 4.69) is 0 Å². The van der Waals surface area contributed by atoms with Crippen LogP contribution in [0, 0.1) is 5.82 Å². The summed E-state index contributed by atoms with van der Waals surface area (Å²) in [7, 11) is 2.86. The molecule has 0 aliphatic rings. The lowest BCUT2D eigenvalue weighted by Gasteiger charge is -2.12. The minimum absolute atomic E-state index is 0.260. The van der Waals surface area contributed by atoms with Crippen LogP contribution in [-0.2, 0) is 10.5 Å². The minimum atomic E-state index is -0.430. The van der Waals surface area contributed by atoms with Crippen LogP contribution in [-0.4, -0.2) is 20.2 Å². The average molecular weight is 306 g/mol. The first-order chi connectivity index (χ1) is 10.2. The van der Waals surface area contributed by atoms with Crippen LogP contribution in [0.2, 0.25) is 0 Å². The maximum Gasteiger partial charge on any atom is 0.341 e. The van der Waals surface area contributed by atoms with Gasteiger partial charge in [0.05, 0.1) is 14.2 Å². The topological polar surface area (TPSA) is 35.5 Å². The fourth-order valence-electron chi connectivity index (χ4n) is 1.90. The van der Waals surface area contributed by atoms with Gasteiger partial charge in [0.25, 0.3) is 0 Å². The van der Waals surface area contributed by atoms with Crippen LogP contribution < -0.4 is 4.74 Å². The Bertz CT molecular complexity index is 626. The van der Waals surface area contributed by atoms with Crippen LogP contribution in [0.1, 0.15) is 15.9 Å². The van der Waals surface area contributed by atoms with Crippen molar-refractivity contribution in [1.29, 1.82) is 0 Å². The lowest BCUT2D eigenvalue weighted by atomic mass is 10.1. The van der Waals surface area contributed by atoms with Gasteiger partial charge in [0.2, 0.25) is 0 Å². The summed E-state index contributed by atoms with van der Waals surface area (Å²) in [6, 6.07) is 11.6. The van der Waals surface area contributed by atoms with E-state index in [1.165, 1.54) is 26.4 Å². The van der Waals surface area contributed by atoms with Crippen LogP contribution in [0.4, 0.5) is 4.39 Å². The van der Waals surface area contributed by atoms with Crippen molar-refractivity contribution in [3.63, 3.8) is 0 Å². The summed E-state index contributed by atoms with van der Waals surface area (Å²) >= 11 is 1.54. The van der Waals surface area contributed by atoms with E-state index in [1.807, 2.05) is 6.07 Å². The zero-order valence-electron chi connectivity index (χ0n) is 11.8. The largest absolute Gasteiger partial charge is 0.496 e. The van der Waals surface area contributed by atoms with Crippen LogP contribution >= 0.6 is 11.8 Å². The average Bonchev–Trinajstić information content (AvgIpc) is 2.53. The monoisotopic (exact) mass is 306 g/mol. The molecule has 0 saturated carbocycles. The van der Waals surface area contributed by atoms with Gasteiger partial charge in [0.15, 0.2) is 0 Å². The second kappa shape index (κ2) is 7.13. The number of ether oxygens (including phenoxy) is 2. The molecule has 0 amide bonds. The van der Waals surface area contributed by atoms with Gasteiger partial charge < -0.3 is 9.47 Å². The number of carbonyl (C=O) groups is 1. The molecule has 0 spiro atoms. The molecule has 3 nitrogen and oxygen atoms in total. The molecule has 0 heterocycles. The molecule has 110 valence electrons. The van der Waals surface area contributed by atoms with E-state index in [0.717, 1.165) is 10.5 Å². The number of methoxy groups -OCH3 is 2. The molecule has 2 aromatic carbocycles. The third-order valence-corrected chi connectivity index (χ3v) is 3.97. The summed E-state index contributed by atoms with van der Waals surface area (Å²) in [6.07, 6.45) is 0. The van der Waals surface area contributed by atoms with Crippen molar-refractivity contribution in [3.05, 3.63) is 59.4 Å². The Hall–Kier alpha value is -2.01. The molecule has 0 unspecified atom stereocenters. The summed E-state index contributed by atoms with van der Waals surface area (Å²) in [5.41, 5.74) is 1.28. The SMILES string of the molecule is COC(=O)c1cccc(CSc2ccc(F)cc2)c1OC. The highest BCUT2D eigenvalue weighted by molar-refractivity contribution is 7.98. The second-order valence-electron chi connectivity index (χ2n) is 4.23. The standard InChI is InChI=1S/C16H15FO3S/c1-19-15-11(4-3-5-14(15)16(18)20-2)10-21-13-8-6-12(17)7-9-13/h3-9H,10H2,1-2H3. The lowest BCUT2D eigenvalue weighted by Crippen LogP contribution is -2.05. The Morgan fingerprint density at radius 3 is 2.48 bits per heavy atom. The lowest BCUT2D eigenvalue weighted by molar-refractivity contribution is 0.0597. The molecule has 0 aromatic heterocycles. The van der Waals surface area contributed by atoms with Crippen LogP contribution in [0.5, 0.6) is 5.75 Å². The molecule has 2 rings (SSSR count). The molecule has 0 aliphatic carbocycles. The molecular weight excluding hydrogens is 291 g/mol.